The van der Waals surface area contributed by atoms with E-state index in [-0.39, 0.29) is 12.5 Å². The SMILES string of the molecule is COc1ccccc1NC(=O)c1sccc1C#CCCO. The minimum atomic E-state index is -0.220. The van der Waals surface area contributed by atoms with E-state index in [9.17, 15) is 4.79 Å². The number of aliphatic hydroxyl groups excluding tert-OH is 1. The Labute approximate surface area is 127 Å². The van der Waals surface area contributed by atoms with Gasteiger partial charge >= 0.3 is 0 Å². The molecule has 108 valence electrons. The Bertz CT molecular complexity index is 682. The van der Waals surface area contributed by atoms with Crippen LogP contribution in [0.3, 0.4) is 0 Å². The van der Waals surface area contributed by atoms with Crippen LogP contribution in [-0.4, -0.2) is 24.7 Å². The summed E-state index contributed by atoms with van der Waals surface area (Å²) in [5, 5.41) is 13.4. The largest absolute Gasteiger partial charge is 0.495 e. The highest BCUT2D eigenvalue weighted by molar-refractivity contribution is 7.12. The first kappa shape index (κ1) is 15.1. The van der Waals surface area contributed by atoms with Crippen molar-refractivity contribution in [3.8, 4) is 17.6 Å². The zero-order valence-electron chi connectivity index (χ0n) is 11.6. The number of aliphatic hydroxyl groups is 1. The predicted molar refractivity (Wildman–Crippen MR) is 83.8 cm³/mol. The molecule has 0 saturated carbocycles. The molecule has 21 heavy (non-hydrogen) atoms. The molecule has 2 aromatic rings. The summed E-state index contributed by atoms with van der Waals surface area (Å²) >= 11 is 1.33. The van der Waals surface area contributed by atoms with Crippen LogP contribution in [0.4, 0.5) is 5.69 Å². The Morgan fingerprint density at radius 1 is 1.38 bits per heavy atom. The molecule has 0 aliphatic heterocycles. The monoisotopic (exact) mass is 301 g/mol. The van der Waals surface area contributed by atoms with Crippen molar-refractivity contribution in [3.05, 3.63) is 46.2 Å². The maximum Gasteiger partial charge on any atom is 0.267 e. The first-order chi connectivity index (χ1) is 10.3. The number of carbonyl (C=O) groups excluding carboxylic acids is 1. The molecule has 0 aliphatic carbocycles. The van der Waals surface area contributed by atoms with Crippen molar-refractivity contribution in [2.24, 2.45) is 0 Å². The van der Waals surface area contributed by atoms with Crippen molar-refractivity contribution in [2.75, 3.05) is 19.0 Å². The summed E-state index contributed by atoms with van der Waals surface area (Å²) in [6, 6.07) is 9.03. The Kier molecular flexibility index (Phi) is 5.38. The molecular formula is C16H15NO3S. The molecule has 1 heterocycles. The van der Waals surface area contributed by atoms with Crippen LogP contribution >= 0.6 is 11.3 Å². The van der Waals surface area contributed by atoms with Crippen molar-refractivity contribution >= 4 is 22.9 Å². The van der Waals surface area contributed by atoms with Crippen molar-refractivity contribution in [3.63, 3.8) is 0 Å². The van der Waals surface area contributed by atoms with Crippen LogP contribution in [0.25, 0.3) is 0 Å². The Balaban J connectivity index is 2.18. The van der Waals surface area contributed by atoms with Gasteiger partial charge < -0.3 is 15.2 Å². The summed E-state index contributed by atoms with van der Waals surface area (Å²) in [6.45, 7) is 0.0138. The topological polar surface area (TPSA) is 58.6 Å². The molecule has 2 rings (SSSR count). The molecule has 1 amide bonds. The summed E-state index contributed by atoms with van der Waals surface area (Å²) in [5.41, 5.74) is 1.29. The fourth-order valence-electron chi connectivity index (χ4n) is 1.72. The second-order valence-electron chi connectivity index (χ2n) is 4.09. The van der Waals surface area contributed by atoms with Gasteiger partial charge in [-0.05, 0) is 23.6 Å². The van der Waals surface area contributed by atoms with Crippen molar-refractivity contribution < 1.29 is 14.6 Å². The second-order valence-corrected chi connectivity index (χ2v) is 5.01. The second kappa shape index (κ2) is 7.48. The number of para-hydroxylation sites is 2. The van der Waals surface area contributed by atoms with E-state index < -0.39 is 0 Å². The van der Waals surface area contributed by atoms with Crippen LogP contribution in [0.5, 0.6) is 5.75 Å². The van der Waals surface area contributed by atoms with Crippen molar-refractivity contribution in [1.29, 1.82) is 0 Å². The van der Waals surface area contributed by atoms with Gasteiger partial charge in [-0.1, -0.05) is 24.0 Å². The number of ether oxygens (including phenoxy) is 1. The first-order valence-electron chi connectivity index (χ1n) is 6.38. The lowest BCUT2D eigenvalue weighted by atomic mass is 10.2. The Morgan fingerprint density at radius 3 is 2.95 bits per heavy atom. The number of rotatable bonds is 4. The molecule has 5 heteroatoms. The molecule has 0 aliphatic rings. The standard InChI is InChI=1S/C16H15NO3S/c1-20-14-8-3-2-7-13(14)17-16(19)15-12(9-11-21-15)6-4-5-10-18/h2-3,7-9,11,18H,5,10H2,1H3,(H,17,19). The van der Waals surface area contributed by atoms with Crippen molar-refractivity contribution in [1.82, 2.24) is 0 Å². The average Bonchev–Trinajstić information content (AvgIpc) is 2.96. The highest BCUT2D eigenvalue weighted by Crippen LogP contribution is 2.25. The van der Waals surface area contributed by atoms with Gasteiger partial charge in [0.25, 0.3) is 5.91 Å². The zero-order valence-corrected chi connectivity index (χ0v) is 12.4. The number of thiophene rings is 1. The summed E-state index contributed by atoms with van der Waals surface area (Å²) in [4.78, 5) is 12.9. The van der Waals surface area contributed by atoms with Crippen LogP contribution in [0.2, 0.25) is 0 Å². The van der Waals surface area contributed by atoms with Gasteiger partial charge in [-0.25, -0.2) is 0 Å². The maximum absolute atomic E-state index is 12.3. The number of nitrogens with one attached hydrogen (secondary N) is 1. The lowest BCUT2D eigenvalue weighted by Gasteiger charge is -2.09. The molecule has 0 atom stereocenters. The Morgan fingerprint density at radius 2 is 2.19 bits per heavy atom. The van der Waals surface area contributed by atoms with Gasteiger partial charge in [-0.15, -0.1) is 11.3 Å². The summed E-state index contributed by atoms with van der Waals surface area (Å²) in [6.07, 6.45) is 0.392. The number of amides is 1. The maximum atomic E-state index is 12.3. The molecule has 0 fully saturated rings. The smallest absolute Gasteiger partial charge is 0.267 e. The van der Waals surface area contributed by atoms with E-state index in [2.05, 4.69) is 17.2 Å². The number of anilines is 1. The van der Waals surface area contributed by atoms with Crippen LogP contribution in [0.15, 0.2) is 35.7 Å². The molecule has 0 radical (unpaired) electrons. The normalized spacial score (nSPS) is 9.62. The van der Waals surface area contributed by atoms with Crippen LogP contribution in [0, 0.1) is 11.8 Å². The van der Waals surface area contributed by atoms with Crippen LogP contribution in [0.1, 0.15) is 21.7 Å². The highest BCUT2D eigenvalue weighted by Gasteiger charge is 2.13. The van der Waals surface area contributed by atoms with Gasteiger partial charge in [0.2, 0.25) is 0 Å². The minimum absolute atomic E-state index is 0.0138. The molecular weight excluding hydrogens is 286 g/mol. The molecule has 0 bridgehead atoms. The summed E-state index contributed by atoms with van der Waals surface area (Å²) in [7, 11) is 1.56. The molecule has 0 saturated heterocycles. The number of methoxy groups -OCH3 is 1. The average molecular weight is 301 g/mol. The van der Waals surface area contributed by atoms with E-state index in [4.69, 9.17) is 9.84 Å². The minimum Gasteiger partial charge on any atom is -0.495 e. The lowest BCUT2D eigenvalue weighted by molar-refractivity contribution is 0.103. The summed E-state index contributed by atoms with van der Waals surface area (Å²) < 4.78 is 5.21. The van der Waals surface area contributed by atoms with E-state index >= 15 is 0 Å². The quantitative estimate of drug-likeness (QED) is 0.854. The van der Waals surface area contributed by atoms with Gasteiger partial charge in [0, 0.05) is 12.0 Å². The van der Waals surface area contributed by atoms with Gasteiger partial charge in [0.15, 0.2) is 0 Å². The summed E-state index contributed by atoms with van der Waals surface area (Å²) in [5.74, 6) is 6.11. The predicted octanol–water partition coefficient (Wildman–Crippen LogP) is 2.74. The van der Waals surface area contributed by atoms with Crippen LogP contribution in [-0.2, 0) is 0 Å². The van der Waals surface area contributed by atoms with E-state index in [0.29, 0.717) is 28.3 Å². The molecule has 1 aromatic heterocycles. The number of hydrogen-bond acceptors (Lipinski definition) is 4. The molecule has 2 N–H and O–H groups in total. The van der Waals surface area contributed by atoms with Gasteiger partial charge in [-0.3, -0.25) is 4.79 Å². The van der Waals surface area contributed by atoms with Crippen LogP contribution < -0.4 is 10.1 Å². The fourth-order valence-corrected chi connectivity index (χ4v) is 2.47. The van der Waals surface area contributed by atoms with E-state index in [1.54, 1.807) is 25.3 Å². The number of benzene rings is 1. The van der Waals surface area contributed by atoms with Gasteiger partial charge in [0.1, 0.15) is 10.6 Å². The van der Waals surface area contributed by atoms with E-state index in [0.717, 1.165) is 0 Å². The third-order valence-electron chi connectivity index (χ3n) is 2.69. The van der Waals surface area contributed by atoms with E-state index in [1.165, 1.54) is 11.3 Å². The van der Waals surface area contributed by atoms with Crippen molar-refractivity contribution in [2.45, 2.75) is 6.42 Å². The van der Waals surface area contributed by atoms with E-state index in [1.807, 2.05) is 17.5 Å². The zero-order chi connectivity index (χ0) is 15.1. The number of carbonyl (C=O) groups is 1. The third-order valence-corrected chi connectivity index (χ3v) is 3.60. The van der Waals surface area contributed by atoms with Gasteiger partial charge in [-0.2, -0.15) is 0 Å². The molecule has 0 spiro atoms. The fraction of sp³-hybridized carbons (Fsp3) is 0.188. The highest BCUT2D eigenvalue weighted by atomic mass is 32.1. The third kappa shape index (κ3) is 3.85. The van der Waals surface area contributed by atoms with Gasteiger partial charge in [0.05, 0.1) is 19.4 Å². The lowest BCUT2D eigenvalue weighted by Crippen LogP contribution is -2.12. The number of hydrogen-bond donors (Lipinski definition) is 2. The molecule has 4 nitrogen and oxygen atoms in total. The molecule has 1 aromatic carbocycles. The first-order valence-corrected chi connectivity index (χ1v) is 7.26. The molecule has 0 unspecified atom stereocenters. The Hall–Kier alpha value is -2.29.